The normalized spacial score (nSPS) is 10.5. The number of pyridine rings is 1. The Hall–Kier alpha value is -3.13. The van der Waals surface area contributed by atoms with Crippen molar-refractivity contribution < 1.29 is 14.5 Å². The second kappa shape index (κ2) is 6.17. The van der Waals surface area contributed by atoms with Gasteiger partial charge >= 0.3 is 0 Å². The van der Waals surface area contributed by atoms with Gasteiger partial charge in [-0.25, -0.2) is 4.98 Å². The van der Waals surface area contributed by atoms with E-state index in [1.54, 1.807) is 17.5 Å². The minimum absolute atomic E-state index is 0.115. The van der Waals surface area contributed by atoms with Gasteiger partial charge in [-0.3, -0.25) is 19.7 Å². The molecule has 120 valence electrons. The number of nitro groups is 1. The van der Waals surface area contributed by atoms with Crippen molar-refractivity contribution in [3.63, 3.8) is 0 Å². The molecule has 0 aliphatic carbocycles. The quantitative estimate of drug-likeness (QED) is 0.443. The van der Waals surface area contributed by atoms with E-state index in [-0.39, 0.29) is 22.9 Å². The van der Waals surface area contributed by atoms with Gasteiger partial charge in [-0.15, -0.1) is 11.3 Å². The van der Waals surface area contributed by atoms with Gasteiger partial charge in [0.05, 0.1) is 15.5 Å². The summed E-state index contributed by atoms with van der Waals surface area (Å²) in [6, 6.07) is 7.59. The highest BCUT2D eigenvalue weighted by molar-refractivity contribution is 7.12. The average Bonchev–Trinajstić information content (AvgIpc) is 3.05. The SMILES string of the molecule is CC(=O)c1csc(C(=O)Nc2ccc([N+](=O)[O-])c3ncccc23)c1. The molecular formula is C16H11N3O4S. The van der Waals surface area contributed by atoms with Gasteiger partial charge in [-0.05, 0) is 31.2 Å². The van der Waals surface area contributed by atoms with E-state index >= 15 is 0 Å². The second-order valence-electron chi connectivity index (χ2n) is 5.00. The maximum Gasteiger partial charge on any atom is 0.295 e. The van der Waals surface area contributed by atoms with E-state index in [0.717, 1.165) is 11.3 Å². The number of amides is 1. The summed E-state index contributed by atoms with van der Waals surface area (Å²) in [4.78, 5) is 38.7. The zero-order valence-electron chi connectivity index (χ0n) is 12.5. The van der Waals surface area contributed by atoms with Crippen LogP contribution in [0.2, 0.25) is 0 Å². The lowest BCUT2D eigenvalue weighted by Crippen LogP contribution is -2.11. The fraction of sp³-hybridized carbons (Fsp3) is 0.0625. The van der Waals surface area contributed by atoms with E-state index in [2.05, 4.69) is 10.3 Å². The molecule has 1 amide bonds. The zero-order chi connectivity index (χ0) is 17.3. The molecule has 3 aromatic rings. The summed E-state index contributed by atoms with van der Waals surface area (Å²) < 4.78 is 0. The predicted octanol–water partition coefficient (Wildman–Crippen LogP) is 3.66. The first-order valence-corrected chi connectivity index (χ1v) is 7.78. The second-order valence-corrected chi connectivity index (χ2v) is 5.91. The number of benzene rings is 1. The van der Waals surface area contributed by atoms with Crippen molar-refractivity contribution in [3.05, 3.63) is 62.5 Å². The van der Waals surface area contributed by atoms with Crippen molar-refractivity contribution in [2.45, 2.75) is 6.92 Å². The van der Waals surface area contributed by atoms with Crippen molar-refractivity contribution in [1.82, 2.24) is 4.98 Å². The van der Waals surface area contributed by atoms with Crippen LogP contribution >= 0.6 is 11.3 Å². The molecule has 1 N–H and O–H groups in total. The number of hydrogen-bond donors (Lipinski definition) is 1. The Balaban J connectivity index is 1.98. The summed E-state index contributed by atoms with van der Waals surface area (Å²) in [7, 11) is 0. The molecule has 2 heterocycles. The van der Waals surface area contributed by atoms with Crippen LogP contribution in [0.1, 0.15) is 27.0 Å². The van der Waals surface area contributed by atoms with Crippen molar-refractivity contribution in [2.24, 2.45) is 0 Å². The summed E-state index contributed by atoms with van der Waals surface area (Å²) >= 11 is 1.16. The lowest BCUT2D eigenvalue weighted by Gasteiger charge is -2.07. The largest absolute Gasteiger partial charge is 0.321 e. The van der Waals surface area contributed by atoms with E-state index in [4.69, 9.17) is 0 Å². The molecule has 0 fully saturated rings. The Kier molecular flexibility index (Phi) is 4.05. The summed E-state index contributed by atoms with van der Waals surface area (Å²) in [6.45, 7) is 1.43. The van der Waals surface area contributed by atoms with E-state index in [9.17, 15) is 19.7 Å². The maximum atomic E-state index is 12.3. The Bertz CT molecular complexity index is 980. The molecule has 7 nitrogen and oxygen atoms in total. The zero-order valence-corrected chi connectivity index (χ0v) is 13.3. The van der Waals surface area contributed by atoms with Crippen LogP contribution in [0.4, 0.5) is 11.4 Å². The molecule has 0 radical (unpaired) electrons. The molecule has 0 aliphatic heterocycles. The minimum Gasteiger partial charge on any atom is -0.321 e. The first-order valence-electron chi connectivity index (χ1n) is 6.90. The molecule has 0 saturated carbocycles. The monoisotopic (exact) mass is 341 g/mol. The Morgan fingerprint density at radius 1 is 1.29 bits per heavy atom. The fourth-order valence-electron chi connectivity index (χ4n) is 2.24. The van der Waals surface area contributed by atoms with E-state index in [1.807, 2.05) is 0 Å². The molecule has 0 bridgehead atoms. The number of nitro benzene ring substituents is 1. The van der Waals surface area contributed by atoms with E-state index < -0.39 is 4.92 Å². The van der Waals surface area contributed by atoms with Gasteiger partial charge in [0.15, 0.2) is 5.78 Å². The number of Topliss-reactive ketones (excluding diaryl/α,β-unsaturated/α-hetero) is 1. The highest BCUT2D eigenvalue weighted by atomic mass is 32.1. The summed E-state index contributed by atoms with van der Waals surface area (Å²) in [5.41, 5.74) is 0.973. The molecule has 0 atom stereocenters. The molecule has 0 unspecified atom stereocenters. The Labute approximate surface area is 140 Å². The molecule has 0 spiro atoms. The third-order valence-corrected chi connectivity index (χ3v) is 4.35. The molecule has 0 saturated heterocycles. The highest BCUT2D eigenvalue weighted by Crippen LogP contribution is 2.30. The predicted molar refractivity (Wildman–Crippen MR) is 90.7 cm³/mol. The number of aromatic nitrogens is 1. The van der Waals surface area contributed by atoms with Crippen LogP contribution in [0.25, 0.3) is 10.9 Å². The lowest BCUT2D eigenvalue weighted by molar-refractivity contribution is -0.383. The van der Waals surface area contributed by atoms with Gasteiger partial charge in [0.2, 0.25) is 0 Å². The van der Waals surface area contributed by atoms with Crippen LogP contribution in [0.5, 0.6) is 0 Å². The number of thiophene rings is 1. The molecule has 3 rings (SSSR count). The van der Waals surface area contributed by atoms with E-state index in [0.29, 0.717) is 21.5 Å². The third kappa shape index (κ3) is 2.86. The van der Waals surface area contributed by atoms with Crippen molar-refractivity contribution in [1.29, 1.82) is 0 Å². The summed E-state index contributed by atoms with van der Waals surface area (Å²) in [5, 5.41) is 15.9. The summed E-state index contributed by atoms with van der Waals surface area (Å²) in [6.07, 6.45) is 1.46. The van der Waals surface area contributed by atoms with E-state index in [1.165, 1.54) is 31.3 Å². The number of ketones is 1. The van der Waals surface area contributed by atoms with Crippen LogP contribution in [0, 0.1) is 10.1 Å². The van der Waals surface area contributed by atoms with Crippen LogP contribution in [0.3, 0.4) is 0 Å². The number of nitrogens with one attached hydrogen (secondary N) is 1. The summed E-state index contributed by atoms with van der Waals surface area (Å²) in [5.74, 6) is -0.498. The Morgan fingerprint density at radius 3 is 2.75 bits per heavy atom. The first-order chi connectivity index (χ1) is 11.5. The smallest absolute Gasteiger partial charge is 0.295 e. The molecule has 1 aromatic carbocycles. The lowest BCUT2D eigenvalue weighted by atomic mass is 10.1. The maximum absolute atomic E-state index is 12.3. The van der Waals surface area contributed by atoms with Crippen LogP contribution < -0.4 is 5.32 Å². The van der Waals surface area contributed by atoms with Crippen molar-refractivity contribution >= 4 is 45.3 Å². The standard InChI is InChI=1S/C16H11N3O4S/c1-9(20)10-7-14(24-8-10)16(21)18-12-4-5-13(19(22)23)15-11(12)3-2-6-17-15/h2-8H,1H3,(H,18,21). The van der Waals surface area contributed by atoms with Crippen LogP contribution in [-0.2, 0) is 0 Å². The third-order valence-electron chi connectivity index (χ3n) is 3.42. The number of carbonyl (C=O) groups is 2. The molecule has 24 heavy (non-hydrogen) atoms. The van der Waals surface area contributed by atoms with Crippen molar-refractivity contribution in [2.75, 3.05) is 5.32 Å². The number of hydrogen-bond acceptors (Lipinski definition) is 6. The Morgan fingerprint density at radius 2 is 2.08 bits per heavy atom. The van der Waals surface area contributed by atoms with Gasteiger partial charge in [0.1, 0.15) is 5.52 Å². The first kappa shape index (κ1) is 15.8. The molecular weight excluding hydrogens is 330 g/mol. The number of non-ortho nitro benzene ring substituents is 1. The number of carbonyl (C=O) groups excluding carboxylic acids is 2. The van der Waals surface area contributed by atoms with Crippen LogP contribution in [0.15, 0.2) is 41.9 Å². The van der Waals surface area contributed by atoms with Gasteiger partial charge < -0.3 is 5.32 Å². The number of nitrogens with zero attached hydrogens (tertiary/aromatic N) is 2. The molecule has 0 aliphatic rings. The van der Waals surface area contributed by atoms with Gasteiger partial charge in [0.25, 0.3) is 11.6 Å². The average molecular weight is 341 g/mol. The number of anilines is 1. The number of fused-ring (bicyclic) bond motifs is 1. The fourth-order valence-corrected chi connectivity index (χ4v) is 3.08. The molecule has 8 heteroatoms. The van der Waals surface area contributed by atoms with Gasteiger partial charge in [-0.2, -0.15) is 0 Å². The minimum atomic E-state index is -0.515. The topological polar surface area (TPSA) is 102 Å². The molecule has 2 aromatic heterocycles. The van der Waals surface area contributed by atoms with Gasteiger partial charge in [0, 0.05) is 28.6 Å². The van der Waals surface area contributed by atoms with Crippen LogP contribution in [-0.4, -0.2) is 21.6 Å². The van der Waals surface area contributed by atoms with Crippen molar-refractivity contribution in [3.8, 4) is 0 Å². The number of rotatable bonds is 4. The highest BCUT2D eigenvalue weighted by Gasteiger charge is 2.18. The van der Waals surface area contributed by atoms with Gasteiger partial charge in [-0.1, -0.05) is 0 Å².